The van der Waals surface area contributed by atoms with Crippen LogP contribution >= 0.6 is 0 Å². The minimum Gasteiger partial charge on any atom is -0.309 e. The maximum absolute atomic E-state index is 5.31. The minimum atomic E-state index is -0.218. The average Bonchev–Trinajstić information content (AvgIpc) is 3.81. The number of rotatable bonds is 4. The summed E-state index contributed by atoms with van der Waals surface area (Å²) in [5.74, 6) is 0.755. The van der Waals surface area contributed by atoms with Gasteiger partial charge in [0.25, 0.3) is 0 Å². The maximum atomic E-state index is 5.31. The van der Waals surface area contributed by atoms with Gasteiger partial charge < -0.3 is 4.57 Å². The Morgan fingerprint density at radius 1 is 0.390 bits per heavy atom. The van der Waals surface area contributed by atoms with Crippen LogP contribution in [0, 0.1) is 0 Å². The van der Waals surface area contributed by atoms with Crippen molar-refractivity contribution < 1.29 is 0 Å². The number of hydrogen-bond acceptors (Lipinski definition) is 2. The van der Waals surface area contributed by atoms with Gasteiger partial charge in [-0.1, -0.05) is 155 Å². The molecule has 2 aliphatic carbocycles. The standard InChI is InChI=1S/C56H41N3/c1-55(2)45-23-13-11-20-38(45)42-32-44-43-30-35(27-29-50(43)59(51(44)33-48(42)55)37-18-9-6-10-19-37)36-26-28-39-47(31-36)56(3,4)46-24-15-22-41(52(39)46)54-57-49-25-14-12-21-40(49)53(58-54)34-16-7-5-8-17-34/h5-33H,1-4H3. The summed E-state index contributed by atoms with van der Waals surface area (Å²) in [4.78, 5) is 10.5. The van der Waals surface area contributed by atoms with Crippen LogP contribution in [0.3, 0.4) is 0 Å². The third-order valence-corrected chi connectivity index (χ3v) is 13.4. The Morgan fingerprint density at radius 2 is 1.03 bits per heavy atom. The summed E-state index contributed by atoms with van der Waals surface area (Å²) < 4.78 is 2.45. The first kappa shape index (κ1) is 34.0. The van der Waals surface area contributed by atoms with Gasteiger partial charge in [0.15, 0.2) is 5.82 Å². The van der Waals surface area contributed by atoms with Crippen molar-refractivity contribution in [1.29, 1.82) is 0 Å². The van der Waals surface area contributed by atoms with Crippen molar-refractivity contribution in [2.75, 3.05) is 0 Å². The maximum Gasteiger partial charge on any atom is 0.161 e. The first-order valence-corrected chi connectivity index (χ1v) is 20.7. The molecule has 3 nitrogen and oxygen atoms in total. The summed E-state index contributed by atoms with van der Waals surface area (Å²) in [7, 11) is 0. The Morgan fingerprint density at radius 3 is 1.88 bits per heavy atom. The van der Waals surface area contributed by atoms with Gasteiger partial charge in [-0.2, -0.15) is 0 Å². The van der Waals surface area contributed by atoms with Crippen molar-refractivity contribution in [3.63, 3.8) is 0 Å². The van der Waals surface area contributed by atoms with Crippen molar-refractivity contribution in [2.24, 2.45) is 0 Å². The fourth-order valence-corrected chi connectivity index (χ4v) is 10.4. The second-order valence-electron chi connectivity index (χ2n) is 17.4. The lowest BCUT2D eigenvalue weighted by Gasteiger charge is -2.22. The number of fused-ring (bicyclic) bond motifs is 10. The van der Waals surface area contributed by atoms with Crippen LogP contribution in [0.25, 0.3) is 94.4 Å². The van der Waals surface area contributed by atoms with E-state index in [2.05, 4.69) is 208 Å². The van der Waals surface area contributed by atoms with Crippen LogP contribution < -0.4 is 0 Å². The highest BCUT2D eigenvalue weighted by Crippen LogP contribution is 2.54. The van der Waals surface area contributed by atoms with E-state index in [0.717, 1.165) is 33.5 Å². The molecule has 0 saturated heterocycles. The van der Waals surface area contributed by atoms with E-state index in [1.807, 2.05) is 0 Å². The van der Waals surface area contributed by atoms with E-state index in [4.69, 9.17) is 9.97 Å². The third-order valence-electron chi connectivity index (χ3n) is 13.4. The fraction of sp³-hybridized carbons (Fsp3) is 0.107. The molecule has 59 heavy (non-hydrogen) atoms. The van der Waals surface area contributed by atoms with Crippen LogP contribution in [-0.4, -0.2) is 14.5 Å². The molecule has 8 aromatic carbocycles. The Bertz CT molecular complexity index is 3370. The van der Waals surface area contributed by atoms with E-state index < -0.39 is 0 Å². The summed E-state index contributed by atoms with van der Waals surface area (Å²) in [5.41, 5.74) is 20.4. The van der Waals surface area contributed by atoms with Crippen molar-refractivity contribution in [2.45, 2.75) is 38.5 Å². The lowest BCUT2D eigenvalue weighted by atomic mass is 9.81. The lowest BCUT2D eigenvalue weighted by Crippen LogP contribution is -2.15. The zero-order valence-corrected chi connectivity index (χ0v) is 33.6. The topological polar surface area (TPSA) is 30.7 Å². The van der Waals surface area contributed by atoms with E-state index in [1.165, 1.54) is 83.1 Å². The highest BCUT2D eigenvalue weighted by Gasteiger charge is 2.38. The largest absolute Gasteiger partial charge is 0.309 e. The van der Waals surface area contributed by atoms with E-state index in [9.17, 15) is 0 Å². The molecule has 0 amide bonds. The molecule has 3 heteroatoms. The molecule has 12 rings (SSSR count). The predicted octanol–water partition coefficient (Wildman–Crippen LogP) is 14.3. The number of para-hydroxylation sites is 2. The number of aromatic nitrogens is 3. The van der Waals surface area contributed by atoms with Crippen LogP contribution in [0.4, 0.5) is 0 Å². The van der Waals surface area contributed by atoms with Gasteiger partial charge in [-0.25, -0.2) is 9.97 Å². The molecule has 0 spiro atoms. The number of hydrogen-bond donors (Lipinski definition) is 0. The highest BCUT2D eigenvalue weighted by molar-refractivity contribution is 6.13. The van der Waals surface area contributed by atoms with E-state index >= 15 is 0 Å². The molecule has 0 N–H and O–H groups in total. The van der Waals surface area contributed by atoms with Gasteiger partial charge >= 0.3 is 0 Å². The van der Waals surface area contributed by atoms with Gasteiger partial charge in [0.1, 0.15) is 0 Å². The molecule has 0 atom stereocenters. The molecule has 2 aromatic heterocycles. The Kier molecular flexibility index (Phi) is 7.03. The smallest absolute Gasteiger partial charge is 0.161 e. The van der Waals surface area contributed by atoms with Gasteiger partial charge in [-0.05, 0) is 104 Å². The monoisotopic (exact) mass is 755 g/mol. The summed E-state index contributed by atoms with van der Waals surface area (Å²) in [6.07, 6.45) is 0. The van der Waals surface area contributed by atoms with Crippen LogP contribution in [0.2, 0.25) is 0 Å². The Labute approximate surface area is 344 Å². The number of nitrogens with zero attached hydrogens (tertiary/aromatic N) is 3. The molecule has 0 aliphatic heterocycles. The van der Waals surface area contributed by atoms with Gasteiger partial charge in [0.05, 0.1) is 22.2 Å². The third kappa shape index (κ3) is 4.82. The van der Waals surface area contributed by atoms with E-state index in [0.29, 0.717) is 0 Å². The SMILES string of the molecule is CC1(C)c2ccccc2-c2cc3c4cc(-c5ccc6c(c5)C(C)(C)c5cccc(-c7nc(-c8ccccc8)c8ccccc8n7)c5-6)ccc4n(-c4ccccc4)c3cc21. The molecule has 0 saturated carbocycles. The van der Waals surface area contributed by atoms with Gasteiger partial charge in [-0.3, -0.25) is 0 Å². The van der Waals surface area contributed by atoms with Crippen LogP contribution in [0.5, 0.6) is 0 Å². The quantitative estimate of drug-likeness (QED) is 0.179. The fourth-order valence-electron chi connectivity index (χ4n) is 10.4. The molecular formula is C56H41N3. The van der Waals surface area contributed by atoms with Crippen LogP contribution in [0.1, 0.15) is 49.9 Å². The molecule has 0 unspecified atom stereocenters. The predicted molar refractivity (Wildman–Crippen MR) is 245 cm³/mol. The Balaban J connectivity index is 1.03. The molecule has 0 bridgehead atoms. The Hall–Kier alpha value is -7.10. The first-order chi connectivity index (χ1) is 28.8. The highest BCUT2D eigenvalue weighted by atomic mass is 15.0. The zero-order chi connectivity index (χ0) is 39.6. The summed E-state index contributed by atoms with van der Waals surface area (Å²) in [6, 6.07) is 64.3. The van der Waals surface area contributed by atoms with E-state index in [-0.39, 0.29) is 10.8 Å². The van der Waals surface area contributed by atoms with Crippen molar-refractivity contribution in [1.82, 2.24) is 14.5 Å². The molecular weight excluding hydrogens is 715 g/mol. The molecule has 2 heterocycles. The zero-order valence-electron chi connectivity index (χ0n) is 33.6. The molecule has 2 aliphatic rings. The second kappa shape index (κ2) is 12.2. The molecule has 280 valence electrons. The van der Waals surface area contributed by atoms with Crippen molar-refractivity contribution in [3.8, 4) is 61.7 Å². The normalized spacial score (nSPS) is 14.4. The summed E-state index contributed by atoms with van der Waals surface area (Å²) in [6.45, 7) is 9.45. The van der Waals surface area contributed by atoms with Crippen molar-refractivity contribution in [3.05, 3.63) is 198 Å². The van der Waals surface area contributed by atoms with Crippen LogP contribution in [-0.2, 0) is 10.8 Å². The molecule has 0 fully saturated rings. The summed E-state index contributed by atoms with van der Waals surface area (Å²) >= 11 is 0. The average molecular weight is 756 g/mol. The molecule has 10 aromatic rings. The first-order valence-electron chi connectivity index (χ1n) is 20.7. The van der Waals surface area contributed by atoms with Gasteiger partial charge in [0, 0.05) is 43.8 Å². The lowest BCUT2D eigenvalue weighted by molar-refractivity contribution is 0.660. The van der Waals surface area contributed by atoms with Gasteiger partial charge in [-0.15, -0.1) is 0 Å². The molecule has 0 radical (unpaired) electrons. The summed E-state index contributed by atoms with van der Waals surface area (Å²) in [5, 5.41) is 3.60. The minimum absolute atomic E-state index is 0.0808. The van der Waals surface area contributed by atoms with Gasteiger partial charge in [0.2, 0.25) is 0 Å². The second-order valence-corrected chi connectivity index (χ2v) is 17.4. The van der Waals surface area contributed by atoms with Crippen LogP contribution in [0.15, 0.2) is 176 Å². The number of benzene rings is 8. The van der Waals surface area contributed by atoms with E-state index in [1.54, 1.807) is 0 Å². The van der Waals surface area contributed by atoms with Crippen molar-refractivity contribution >= 4 is 32.7 Å².